The Morgan fingerprint density at radius 2 is 1.18 bits per heavy atom. The van der Waals surface area contributed by atoms with Gasteiger partial charge in [-0.1, -0.05) is 109 Å². The summed E-state index contributed by atoms with van der Waals surface area (Å²) < 4.78 is 5.10. The summed E-state index contributed by atoms with van der Waals surface area (Å²) in [6, 6.07) is 59.8. The highest BCUT2D eigenvalue weighted by atomic mass is 32.1. The molecule has 3 aromatic heterocycles. The summed E-state index contributed by atoms with van der Waals surface area (Å²) in [6.07, 6.45) is 3.93. The normalized spacial score (nSPS) is 12.3. The third kappa shape index (κ3) is 4.21. The number of anilines is 3. The minimum absolute atomic E-state index is 1.11. The number of aromatic nitrogens is 2. The molecule has 4 heterocycles. The zero-order chi connectivity index (χ0) is 33.5. The molecule has 0 saturated carbocycles. The number of rotatable bonds is 3. The monoisotopic (exact) mass is 667 g/mol. The molecule has 0 amide bonds. The number of hydrogen-bond acceptors (Lipinski definition) is 3. The summed E-state index contributed by atoms with van der Waals surface area (Å²) in [6.45, 7) is 0. The summed E-state index contributed by atoms with van der Waals surface area (Å²) in [5.74, 6) is 0. The quantitative estimate of drug-likeness (QED) is 0.187. The van der Waals surface area contributed by atoms with E-state index in [1.807, 2.05) is 23.7 Å². The third-order valence-corrected chi connectivity index (χ3v) is 11.6. The molecule has 0 N–H and O–H groups in total. The molecule has 0 unspecified atom stereocenters. The van der Waals surface area contributed by atoms with Gasteiger partial charge in [-0.2, -0.15) is 0 Å². The van der Waals surface area contributed by atoms with Crippen LogP contribution in [0.5, 0.6) is 0 Å². The van der Waals surface area contributed by atoms with Gasteiger partial charge in [0.1, 0.15) is 0 Å². The van der Waals surface area contributed by atoms with Gasteiger partial charge in [0.15, 0.2) is 0 Å². The minimum Gasteiger partial charge on any atom is -0.307 e. The molecule has 1 aliphatic heterocycles. The van der Waals surface area contributed by atoms with E-state index in [1.54, 1.807) is 0 Å². The van der Waals surface area contributed by atoms with Crippen LogP contribution in [-0.4, -0.2) is 9.55 Å². The molecule has 0 bridgehead atoms. The number of fused-ring (bicyclic) bond motifs is 12. The zero-order valence-electron chi connectivity index (χ0n) is 27.5. The zero-order valence-corrected chi connectivity index (χ0v) is 28.3. The Hall–Kier alpha value is -6.49. The van der Waals surface area contributed by atoms with Gasteiger partial charge in [-0.25, -0.2) is 0 Å². The maximum atomic E-state index is 4.64. The van der Waals surface area contributed by atoms with Gasteiger partial charge in [-0.05, 0) is 76.9 Å². The lowest BCUT2D eigenvalue weighted by molar-refractivity contribution is 1.16. The lowest BCUT2D eigenvalue weighted by atomic mass is 9.94. The van der Waals surface area contributed by atoms with Gasteiger partial charge in [0.25, 0.3) is 0 Å². The fourth-order valence-electron chi connectivity index (χ4n) is 8.19. The molecular formula is C47H29N3S. The maximum Gasteiger partial charge on any atom is 0.0789 e. The number of pyridine rings is 1. The van der Waals surface area contributed by atoms with Crippen LogP contribution in [0.25, 0.3) is 81.0 Å². The van der Waals surface area contributed by atoms with E-state index in [-0.39, 0.29) is 0 Å². The summed E-state index contributed by atoms with van der Waals surface area (Å²) in [4.78, 5) is 7.11. The molecule has 0 saturated heterocycles. The van der Waals surface area contributed by atoms with Gasteiger partial charge in [-0.15, -0.1) is 11.3 Å². The Bertz CT molecular complexity index is 2990. The highest BCUT2D eigenvalue weighted by Gasteiger charge is 2.30. The van der Waals surface area contributed by atoms with Gasteiger partial charge in [0.05, 0.1) is 22.4 Å². The molecule has 0 radical (unpaired) electrons. The van der Waals surface area contributed by atoms with Gasteiger partial charge in [0, 0.05) is 65.8 Å². The SMILES string of the molecule is c1ccc(N2c3ccccc3-c3ccccc3-c3ccc4c5cnccc5n(-c5cccc(-c6ccc7sc8ccccc8c7c6)c5)c4c32)cc1. The number of nitrogens with zero attached hydrogens (tertiary/aromatic N) is 3. The van der Waals surface area contributed by atoms with Gasteiger partial charge < -0.3 is 9.47 Å². The molecule has 4 heteroatoms. The molecule has 11 rings (SSSR count). The van der Waals surface area contributed by atoms with Crippen LogP contribution in [-0.2, 0) is 0 Å². The first-order chi connectivity index (χ1) is 25.3. The van der Waals surface area contributed by atoms with Gasteiger partial charge in [0.2, 0.25) is 0 Å². The lowest BCUT2D eigenvalue weighted by Gasteiger charge is -2.28. The molecule has 51 heavy (non-hydrogen) atoms. The van der Waals surface area contributed by atoms with Crippen LogP contribution in [0.4, 0.5) is 17.1 Å². The molecule has 0 fully saturated rings. The molecule has 238 valence electrons. The summed E-state index contributed by atoms with van der Waals surface area (Å²) in [5.41, 5.74) is 14.1. The van der Waals surface area contributed by atoms with Crippen molar-refractivity contribution in [1.29, 1.82) is 0 Å². The molecule has 1 aliphatic rings. The van der Waals surface area contributed by atoms with E-state index in [0.29, 0.717) is 0 Å². The van der Waals surface area contributed by atoms with E-state index in [9.17, 15) is 0 Å². The molecule has 3 nitrogen and oxygen atoms in total. The van der Waals surface area contributed by atoms with E-state index in [2.05, 4.69) is 178 Å². The first kappa shape index (κ1) is 28.4. The van der Waals surface area contributed by atoms with Crippen molar-refractivity contribution in [3.05, 3.63) is 176 Å². The predicted molar refractivity (Wildman–Crippen MR) is 216 cm³/mol. The van der Waals surface area contributed by atoms with Crippen molar-refractivity contribution in [3.63, 3.8) is 0 Å². The van der Waals surface area contributed by atoms with Crippen molar-refractivity contribution in [3.8, 4) is 39.1 Å². The van der Waals surface area contributed by atoms with E-state index in [1.165, 1.54) is 58.9 Å². The van der Waals surface area contributed by atoms with Gasteiger partial charge in [-0.3, -0.25) is 4.98 Å². The molecule has 0 atom stereocenters. The predicted octanol–water partition coefficient (Wildman–Crippen LogP) is 13.3. The van der Waals surface area contributed by atoms with Crippen LogP contribution < -0.4 is 4.90 Å². The average molecular weight is 668 g/mol. The summed E-state index contributed by atoms with van der Waals surface area (Å²) in [5, 5.41) is 4.93. The highest BCUT2D eigenvalue weighted by Crippen LogP contribution is 2.54. The third-order valence-electron chi connectivity index (χ3n) is 10.4. The number of thiophene rings is 1. The van der Waals surface area contributed by atoms with Crippen molar-refractivity contribution in [2.75, 3.05) is 4.90 Å². The molecule has 0 aliphatic carbocycles. The van der Waals surface area contributed by atoms with Crippen molar-refractivity contribution in [2.24, 2.45) is 0 Å². The fraction of sp³-hybridized carbons (Fsp3) is 0. The Kier molecular flexibility index (Phi) is 6.12. The summed E-state index contributed by atoms with van der Waals surface area (Å²) in [7, 11) is 0. The van der Waals surface area contributed by atoms with E-state index >= 15 is 0 Å². The molecule has 10 aromatic rings. The van der Waals surface area contributed by atoms with Crippen LogP contribution in [0.3, 0.4) is 0 Å². The highest BCUT2D eigenvalue weighted by molar-refractivity contribution is 7.25. The van der Waals surface area contributed by atoms with Crippen LogP contribution in [0.2, 0.25) is 0 Å². The second-order valence-electron chi connectivity index (χ2n) is 13.2. The Labute approximate surface area is 298 Å². The Morgan fingerprint density at radius 3 is 2.08 bits per heavy atom. The number of benzene rings is 7. The van der Waals surface area contributed by atoms with Crippen molar-refractivity contribution in [1.82, 2.24) is 9.55 Å². The average Bonchev–Trinajstić information content (AvgIpc) is 3.70. The van der Waals surface area contributed by atoms with Gasteiger partial charge >= 0.3 is 0 Å². The van der Waals surface area contributed by atoms with Crippen molar-refractivity contribution < 1.29 is 0 Å². The first-order valence-electron chi connectivity index (χ1n) is 17.3. The van der Waals surface area contributed by atoms with Crippen LogP contribution in [0.15, 0.2) is 176 Å². The summed E-state index contributed by atoms with van der Waals surface area (Å²) >= 11 is 1.86. The Balaban J connectivity index is 1.24. The van der Waals surface area contributed by atoms with E-state index in [0.717, 1.165) is 39.2 Å². The molecule has 7 aromatic carbocycles. The lowest BCUT2D eigenvalue weighted by Crippen LogP contribution is -2.12. The first-order valence-corrected chi connectivity index (χ1v) is 18.1. The standard InChI is InChI=1S/C47H29N3S/c1-2-12-32(13-3-1)49-42-19-8-6-17-36(42)34-15-4-5-16-35(34)38-22-23-39-41-29-48-26-25-43(41)50(47(39)46(38)49)33-14-10-11-30(27-33)31-21-24-45-40(28-31)37-18-7-9-20-44(37)51-45/h1-29H. The number of para-hydroxylation sites is 2. The van der Waals surface area contributed by atoms with Crippen molar-refractivity contribution in [2.45, 2.75) is 0 Å². The van der Waals surface area contributed by atoms with E-state index < -0.39 is 0 Å². The van der Waals surface area contributed by atoms with Crippen molar-refractivity contribution >= 4 is 70.4 Å². The second kappa shape index (κ2) is 11.0. The van der Waals surface area contributed by atoms with Crippen LogP contribution in [0.1, 0.15) is 0 Å². The van der Waals surface area contributed by atoms with Crippen LogP contribution in [0, 0.1) is 0 Å². The van der Waals surface area contributed by atoms with Crippen LogP contribution >= 0.6 is 11.3 Å². The largest absolute Gasteiger partial charge is 0.307 e. The Morgan fingerprint density at radius 1 is 0.451 bits per heavy atom. The van der Waals surface area contributed by atoms with E-state index in [4.69, 9.17) is 0 Å². The maximum absolute atomic E-state index is 4.64. The fourth-order valence-corrected chi connectivity index (χ4v) is 9.28. The topological polar surface area (TPSA) is 21.1 Å². The smallest absolute Gasteiger partial charge is 0.0789 e. The molecule has 0 spiro atoms. The molecular weight excluding hydrogens is 639 g/mol. The minimum atomic E-state index is 1.11. The number of hydrogen-bond donors (Lipinski definition) is 0. The second-order valence-corrected chi connectivity index (χ2v) is 14.3.